The summed E-state index contributed by atoms with van der Waals surface area (Å²) in [6, 6.07) is 2.78. The lowest BCUT2D eigenvalue weighted by molar-refractivity contribution is -0.175. The number of ether oxygens (including phenoxy) is 3. The largest absolute Gasteiger partial charge is 0.505 e. The molecule has 0 radical (unpaired) electrons. The van der Waals surface area contributed by atoms with Crippen molar-refractivity contribution in [2.24, 2.45) is 11.8 Å². The van der Waals surface area contributed by atoms with Gasteiger partial charge in [0.2, 0.25) is 5.91 Å². The van der Waals surface area contributed by atoms with Crippen molar-refractivity contribution in [3.8, 4) is 5.75 Å². The summed E-state index contributed by atoms with van der Waals surface area (Å²) < 4.78 is 16.9. The first-order valence-corrected chi connectivity index (χ1v) is 13.4. The van der Waals surface area contributed by atoms with Crippen molar-refractivity contribution in [2.45, 2.75) is 98.0 Å². The van der Waals surface area contributed by atoms with Gasteiger partial charge in [0.05, 0.1) is 17.2 Å². The monoisotopic (exact) mass is 548 g/mol. The molecule has 0 spiro atoms. The molecule has 5 atom stereocenters. The Balaban J connectivity index is 2.34. The maximum absolute atomic E-state index is 13.3. The molecular weight excluding hydrogens is 508 g/mol. The lowest BCUT2D eigenvalue weighted by atomic mass is 9.92. The molecule has 1 aliphatic rings. The highest BCUT2D eigenvalue weighted by atomic mass is 16.6. The van der Waals surface area contributed by atoms with Crippen molar-refractivity contribution < 1.29 is 43.3 Å². The molecule has 0 saturated carbocycles. The van der Waals surface area contributed by atoms with E-state index in [2.05, 4.69) is 10.6 Å². The average Bonchev–Trinajstić information content (AvgIpc) is 2.88. The van der Waals surface area contributed by atoms with Crippen LogP contribution in [0.2, 0.25) is 0 Å². The van der Waals surface area contributed by atoms with Gasteiger partial charge in [-0.25, -0.2) is 4.79 Å². The fraction of sp³-hybridized carbons (Fsp3) is 0.607. The molecule has 3 N–H and O–H groups in total. The van der Waals surface area contributed by atoms with Crippen LogP contribution in [0.25, 0.3) is 0 Å². The second-order valence-electron chi connectivity index (χ2n) is 10.1. The summed E-state index contributed by atoms with van der Waals surface area (Å²) in [7, 11) is 0. The van der Waals surface area contributed by atoms with Gasteiger partial charge >= 0.3 is 17.9 Å². The number of carbonyl (C=O) groups is 5. The molecule has 39 heavy (non-hydrogen) atoms. The van der Waals surface area contributed by atoms with Crippen LogP contribution < -0.4 is 10.6 Å². The van der Waals surface area contributed by atoms with Gasteiger partial charge in [0.25, 0.3) is 5.91 Å². The Morgan fingerprint density at radius 1 is 1.05 bits per heavy atom. The van der Waals surface area contributed by atoms with Crippen molar-refractivity contribution >= 4 is 35.4 Å². The summed E-state index contributed by atoms with van der Waals surface area (Å²) in [4.78, 5) is 63.8. The lowest BCUT2D eigenvalue weighted by Gasteiger charge is -2.29. The van der Waals surface area contributed by atoms with E-state index in [-0.39, 0.29) is 35.9 Å². The van der Waals surface area contributed by atoms with Crippen molar-refractivity contribution in [3.05, 3.63) is 23.8 Å². The van der Waals surface area contributed by atoms with Crippen molar-refractivity contribution in [2.75, 3.05) is 5.32 Å². The van der Waals surface area contributed by atoms with E-state index < -0.39 is 59.8 Å². The number of phenolic OH excluding ortho intramolecular Hbond substituents is 1. The average molecular weight is 549 g/mol. The maximum atomic E-state index is 13.3. The predicted molar refractivity (Wildman–Crippen MR) is 142 cm³/mol. The summed E-state index contributed by atoms with van der Waals surface area (Å²) in [6.45, 7) is 10.3. The molecule has 1 aliphatic heterocycles. The molecule has 0 aromatic heterocycles. The number of cyclic esters (lactones) is 2. The Labute approximate surface area is 228 Å². The normalized spacial score (nSPS) is 23.5. The van der Waals surface area contributed by atoms with E-state index in [1.54, 1.807) is 6.92 Å². The van der Waals surface area contributed by atoms with Gasteiger partial charge < -0.3 is 30.0 Å². The minimum atomic E-state index is -1.42. The van der Waals surface area contributed by atoms with E-state index >= 15 is 0 Å². The third-order valence-corrected chi connectivity index (χ3v) is 6.36. The molecule has 0 aliphatic carbocycles. The van der Waals surface area contributed by atoms with Crippen LogP contribution in [0.4, 0.5) is 5.69 Å². The van der Waals surface area contributed by atoms with Gasteiger partial charge in [-0.1, -0.05) is 46.6 Å². The number of anilines is 1. The third-order valence-electron chi connectivity index (χ3n) is 6.36. The molecule has 11 nitrogen and oxygen atoms in total. The van der Waals surface area contributed by atoms with E-state index in [0.29, 0.717) is 12.8 Å². The molecule has 1 heterocycles. The van der Waals surface area contributed by atoms with Crippen LogP contribution in [-0.4, -0.2) is 59.2 Å². The van der Waals surface area contributed by atoms with Gasteiger partial charge in [0, 0.05) is 12.8 Å². The number of rotatable bonds is 10. The van der Waals surface area contributed by atoms with Crippen LogP contribution >= 0.6 is 0 Å². The van der Waals surface area contributed by atoms with Gasteiger partial charge in [0.15, 0.2) is 17.9 Å². The molecule has 11 heteroatoms. The summed E-state index contributed by atoms with van der Waals surface area (Å²) in [5.74, 6) is -4.63. The number of phenols is 1. The van der Waals surface area contributed by atoms with Crippen LogP contribution in [0.15, 0.2) is 18.2 Å². The number of unbranched alkanes of at least 4 members (excludes halogenated alkanes) is 1. The van der Waals surface area contributed by atoms with Crippen molar-refractivity contribution in [1.82, 2.24) is 5.32 Å². The summed E-state index contributed by atoms with van der Waals surface area (Å²) >= 11 is 0. The summed E-state index contributed by atoms with van der Waals surface area (Å²) in [5.41, 5.74) is -0.172. The Kier molecular flexibility index (Phi) is 11.7. The highest BCUT2D eigenvalue weighted by Gasteiger charge is 2.43. The Morgan fingerprint density at radius 2 is 1.72 bits per heavy atom. The summed E-state index contributed by atoms with van der Waals surface area (Å²) in [6.07, 6.45) is -1.14. The maximum Gasteiger partial charge on any atom is 0.332 e. The number of para-hydroxylation sites is 1. The highest BCUT2D eigenvalue weighted by molar-refractivity contribution is 6.02. The predicted octanol–water partition coefficient (Wildman–Crippen LogP) is 3.48. The molecule has 1 aromatic rings. The highest BCUT2D eigenvalue weighted by Crippen LogP contribution is 2.29. The van der Waals surface area contributed by atoms with Crippen LogP contribution in [0, 0.1) is 11.8 Å². The zero-order valence-corrected chi connectivity index (χ0v) is 23.4. The molecule has 1 saturated heterocycles. The van der Waals surface area contributed by atoms with Gasteiger partial charge in [-0.3, -0.25) is 19.2 Å². The minimum Gasteiger partial charge on any atom is -0.505 e. The van der Waals surface area contributed by atoms with Gasteiger partial charge in [-0.05, 0) is 38.3 Å². The number of hydrogen-bond acceptors (Lipinski definition) is 9. The van der Waals surface area contributed by atoms with E-state index in [1.165, 1.54) is 32.0 Å². The summed E-state index contributed by atoms with van der Waals surface area (Å²) in [5, 5.41) is 15.5. The zero-order valence-electron chi connectivity index (χ0n) is 23.4. The van der Waals surface area contributed by atoms with Crippen LogP contribution in [0.3, 0.4) is 0 Å². The standard InChI is InChI=1S/C28H40N2O9/c1-7-9-11-19-25(39-22(32)14-15(3)4)17(6)38-28(36)23(16(5)37-27(19)35)30-26(34)18-12-10-13-20(24(18)33)29-21(31)8-2/h10,12-13,15-17,19,23,25,33H,7-9,11,14H2,1-6H3,(H,29,31)(H,30,34). The second kappa shape index (κ2) is 14.5. The third kappa shape index (κ3) is 8.69. The zero-order chi connectivity index (χ0) is 29.3. The molecule has 5 unspecified atom stereocenters. The second-order valence-corrected chi connectivity index (χ2v) is 10.1. The number of amides is 2. The van der Waals surface area contributed by atoms with Crippen molar-refractivity contribution in [3.63, 3.8) is 0 Å². The quantitative estimate of drug-likeness (QED) is 0.226. The van der Waals surface area contributed by atoms with E-state index in [9.17, 15) is 29.1 Å². The van der Waals surface area contributed by atoms with Gasteiger partial charge in [-0.15, -0.1) is 0 Å². The Hall–Kier alpha value is -3.63. The van der Waals surface area contributed by atoms with E-state index in [1.807, 2.05) is 20.8 Å². The lowest BCUT2D eigenvalue weighted by Crippen LogP contribution is -2.50. The van der Waals surface area contributed by atoms with Gasteiger partial charge in [0.1, 0.15) is 12.2 Å². The van der Waals surface area contributed by atoms with Gasteiger partial charge in [-0.2, -0.15) is 0 Å². The van der Waals surface area contributed by atoms with Crippen LogP contribution in [0.5, 0.6) is 5.75 Å². The first-order valence-electron chi connectivity index (χ1n) is 13.4. The Morgan fingerprint density at radius 3 is 2.33 bits per heavy atom. The number of carbonyl (C=O) groups excluding carboxylic acids is 5. The smallest absolute Gasteiger partial charge is 0.332 e. The number of nitrogens with one attached hydrogen (secondary N) is 2. The van der Waals surface area contributed by atoms with E-state index in [0.717, 1.165) is 6.42 Å². The molecular formula is C28H40N2O9. The van der Waals surface area contributed by atoms with Crippen molar-refractivity contribution in [1.29, 1.82) is 0 Å². The Bertz CT molecular complexity index is 1060. The minimum absolute atomic E-state index is 0.0255. The SMILES string of the molecule is CCCCC1C(=O)OC(C)C(NC(=O)c2cccc(NC(=O)CC)c2O)C(=O)OC(C)C1OC(=O)CC(C)C. The van der Waals surface area contributed by atoms with E-state index in [4.69, 9.17) is 14.2 Å². The number of esters is 3. The number of hydrogen-bond donors (Lipinski definition) is 3. The molecule has 216 valence electrons. The first-order chi connectivity index (χ1) is 18.4. The number of aromatic hydroxyl groups is 1. The number of benzene rings is 1. The fourth-order valence-corrected chi connectivity index (χ4v) is 4.19. The molecule has 2 rings (SSSR count). The van der Waals surface area contributed by atoms with Crippen LogP contribution in [0.1, 0.15) is 84.0 Å². The fourth-order valence-electron chi connectivity index (χ4n) is 4.19. The van der Waals surface area contributed by atoms with Crippen LogP contribution in [-0.2, 0) is 33.4 Å². The molecule has 1 aromatic carbocycles. The molecule has 1 fully saturated rings. The first kappa shape index (κ1) is 31.6. The molecule has 0 bridgehead atoms. The molecule has 2 amide bonds. The topological polar surface area (TPSA) is 157 Å².